The highest BCUT2D eigenvalue weighted by atomic mass is 16.6. The summed E-state index contributed by atoms with van der Waals surface area (Å²) < 4.78 is 1.85. The molecule has 0 amide bonds. The lowest BCUT2D eigenvalue weighted by atomic mass is 9.97. The predicted octanol–water partition coefficient (Wildman–Crippen LogP) is 2.93. The molecule has 2 aromatic rings. The van der Waals surface area contributed by atoms with Crippen LogP contribution in [-0.2, 0) is 7.05 Å². The monoisotopic (exact) mass is 311 g/mol. The van der Waals surface area contributed by atoms with Crippen LogP contribution < -0.4 is 4.90 Å². The summed E-state index contributed by atoms with van der Waals surface area (Å²) in [4.78, 5) is 12.6. The lowest BCUT2D eigenvalue weighted by Gasteiger charge is -2.38. The highest BCUT2D eigenvalue weighted by Crippen LogP contribution is 2.37. The largest absolute Gasteiger partial charge is 0.362 e. The van der Waals surface area contributed by atoms with E-state index in [0.717, 1.165) is 37.2 Å². The van der Waals surface area contributed by atoms with Crippen LogP contribution in [0.3, 0.4) is 0 Å². The van der Waals surface area contributed by atoms with Crippen LogP contribution in [0.1, 0.15) is 36.6 Å². The normalized spacial score (nSPS) is 17.7. The van der Waals surface area contributed by atoms with Gasteiger partial charge in [0.2, 0.25) is 0 Å². The minimum Gasteiger partial charge on any atom is -0.362 e. The van der Waals surface area contributed by atoms with Crippen LogP contribution in [0.15, 0.2) is 30.5 Å². The number of hydrogen-bond donors (Lipinski definition) is 0. The molecule has 1 atom stereocenters. The molecule has 3 rings (SSSR count). The van der Waals surface area contributed by atoms with Crippen LogP contribution in [0.25, 0.3) is 0 Å². The SMILES string of the molecule is Cn1nccc1[C@@H]1CCCCN1c1ccc([N+](=O)[O-])cc1C#N. The van der Waals surface area contributed by atoms with E-state index in [-0.39, 0.29) is 11.7 Å². The van der Waals surface area contributed by atoms with E-state index in [1.807, 2.05) is 17.8 Å². The molecule has 0 saturated carbocycles. The smallest absolute Gasteiger partial charge is 0.270 e. The van der Waals surface area contributed by atoms with E-state index in [1.54, 1.807) is 12.3 Å². The Balaban J connectivity index is 2.03. The van der Waals surface area contributed by atoms with Crippen molar-refractivity contribution in [2.45, 2.75) is 25.3 Å². The standard InChI is InChI=1S/C16H17N5O2/c1-19-15(7-8-18-19)16-4-2-3-9-20(16)14-6-5-13(21(22)23)10-12(14)11-17/h5-8,10,16H,2-4,9H2,1H3/t16-/m0/s1. The lowest BCUT2D eigenvalue weighted by molar-refractivity contribution is -0.384. The van der Waals surface area contributed by atoms with Crippen LogP contribution in [0.2, 0.25) is 0 Å². The van der Waals surface area contributed by atoms with Crippen LogP contribution in [0, 0.1) is 21.4 Å². The number of nitro benzene ring substituents is 1. The van der Waals surface area contributed by atoms with E-state index in [2.05, 4.69) is 16.1 Å². The van der Waals surface area contributed by atoms with Gasteiger partial charge in [-0.1, -0.05) is 0 Å². The van der Waals surface area contributed by atoms with Gasteiger partial charge >= 0.3 is 0 Å². The minimum atomic E-state index is -0.473. The number of rotatable bonds is 3. The van der Waals surface area contributed by atoms with Crippen molar-refractivity contribution in [3.05, 3.63) is 51.8 Å². The van der Waals surface area contributed by atoms with E-state index < -0.39 is 4.92 Å². The number of piperidine rings is 1. The van der Waals surface area contributed by atoms with E-state index in [1.165, 1.54) is 12.1 Å². The first-order chi connectivity index (χ1) is 11.1. The van der Waals surface area contributed by atoms with Crippen molar-refractivity contribution < 1.29 is 4.92 Å². The number of aryl methyl sites for hydroxylation is 1. The van der Waals surface area contributed by atoms with Gasteiger partial charge in [-0.2, -0.15) is 10.4 Å². The second-order valence-electron chi connectivity index (χ2n) is 5.66. The Bertz CT molecular complexity index is 777. The highest BCUT2D eigenvalue weighted by Gasteiger charge is 2.28. The number of benzene rings is 1. The third-order valence-corrected chi connectivity index (χ3v) is 4.32. The molecule has 0 unspecified atom stereocenters. The Kier molecular flexibility index (Phi) is 3.98. The summed E-state index contributed by atoms with van der Waals surface area (Å²) in [6, 6.07) is 8.72. The lowest BCUT2D eigenvalue weighted by Crippen LogP contribution is -2.35. The molecule has 2 heterocycles. The molecule has 0 aliphatic carbocycles. The summed E-state index contributed by atoms with van der Waals surface area (Å²) in [6.45, 7) is 0.822. The average Bonchev–Trinajstić information content (AvgIpc) is 3.00. The van der Waals surface area contributed by atoms with Gasteiger partial charge in [-0.05, 0) is 31.4 Å². The topological polar surface area (TPSA) is 88.0 Å². The van der Waals surface area contributed by atoms with Gasteiger partial charge in [0.25, 0.3) is 5.69 Å². The maximum Gasteiger partial charge on any atom is 0.270 e. The summed E-state index contributed by atoms with van der Waals surface area (Å²) >= 11 is 0. The molecule has 0 spiro atoms. The molecule has 23 heavy (non-hydrogen) atoms. The first-order valence-electron chi connectivity index (χ1n) is 7.55. The van der Waals surface area contributed by atoms with Crippen LogP contribution in [-0.4, -0.2) is 21.2 Å². The van der Waals surface area contributed by atoms with Crippen molar-refractivity contribution >= 4 is 11.4 Å². The second-order valence-corrected chi connectivity index (χ2v) is 5.66. The van der Waals surface area contributed by atoms with E-state index in [4.69, 9.17) is 0 Å². The quantitative estimate of drug-likeness (QED) is 0.642. The molecule has 1 aromatic carbocycles. The molecule has 7 nitrogen and oxygen atoms in total. The third kappa shape index (κ3) is 2.75. The van der Waals surface area contributed by atoms with Gasteiger partial charge in [0.05, 0.1) is 27.9 Å². The molecule has 1 aliphatic rings. The van der Waals surface area contributed by atoms with Gasteiger partial charge in [0.15, 0.2) is 0 Å². The number of anilines is 1. The van der Waals surface area contributed by atoms with E-state index >= 15 is 0 Å². The van der Waals surface area contributed by atoms with Crippen molar-refractivity contribution in [2.75, 3.05) is 11.4 Å². The number of aromatic nitrogens is 2. The zero-order chi connectivity index (χ0) is 16.4. The molecule has 118 valence electrons. The first kappa shape index (κ1) is 15.0. The number of hydrogen-bond acceptors (Lipinski definition) is 5. The van der Waals surface area contributed by atoms with Gasteiger partial charge in [-0.3, -0.25) is 14.8 Å². The minimum absolute atomic E-state index is 0.0561. The maximum atomic E-state index is 10.9. The molecule has 0 N–H and O–H groups in total. The van der Waals surface area contributed by atoms with E-state index in [0.29, 0.717) is 5.56 Å². The van der Waals surface area contributed by atoms with Crippen molar-refractivity contribution in [3.8, 4) is 6.07 Å². The summed E-state index contributed by atoms with van der Waals surface area (Å²) in [5, 5.41) is 24.6. The Morgan fingerprint density at radius 2 is 2.22 bits per heavy atom. The Morgan fingerprint density at radius 1 is 1.39 bits per heavy atom. The Morgan fingerprint density at radius 3 is 2.87 bits per heavy atom. The van der Waals surface area contributed by atoms with Gasteiger partial charge in [0.1, 0.15) is 6.07 Å². The second kappa shape index (κ2) is 6.08. The fraction of sp³-hybridized carbons (Fsp3) is 0.375. The van der Waals surface area contributed by atoms with Crippen molar-refractivity contribution in [2.24, 2.45) is 7.05 Å². The fourth-order valence-corrected chi connectivity index (χ4v) is 3.22. The van der Waals surface area contributed by atoms with Crippen LogP contribution >= 0.6 is 0 Å². The van der Waals surface area contributed by atoms with Crippen molar-refractivity contribution in [1.82, 2.24) is 9.78 Å². The van der Waals surface area contributed by atoms with Gasteiger partial charge in [-0.25, -0.2) is 0 Å². The highest BCUT2D eigenvalue weighted by molar-refractivity contribution is 5.64. The zero-order valence-electron chi connectivity index (χ0n) is 12.8. The molecule has 1 aliphatic heterocycles. The van der Waals surface area contributed by atoms with Crippen LogP contribution in [0.5, 0.6) is 0 Å². The summed E-state index contributed by atoms with van der Waals surface area (Å²) in [5.41, 5.74) is 2.13. The number of nitro groups is 1. The average molecular weight is 311 g/mol. The Hall–Kier alpha value is -2.88. The summed E-state index contributed by atoms with van der Waals surface area (Å²) in [7, 11) is 1.91. The predicted molar refractivity (Wildman–Crippen MR) is 85.0 cm³/mol. The number of non-ortho nitro benzene ring substituents is 1. The zero-order valence-corrected chi connectivity index (χ0v) is 12.8. The molecule has 0 radical (unpaired) electrons. The molecule has 1 aromatic heterocycles. The molecular weight excluding hydrogens is 294 g/mol. The maximum absolute atomic E-state index is 10.9. The summed E-state index contributed by atoms with van der Waals surface area (Å²) in [5.74, 6) is 0. The van der Waals surface area contributed by atoms with Gasteiger partial charge in [-0.15, -0.1) is 0 Å². The molecule has 1 fully saturated rings. The first-order valence-corrected chi connectivity index (χ1v) is 7.55. The van der Waals surface area contributed by atoms with E-state index in [9.17, 15) is 15.4 Å². The molecule has 7 heteroatoms. The van der Waals surface area contributed by atoms with Crippen molar-refractivity contribution in [3.63, 3.8) is 0 Å². The molecular formula is C16H17N5O2. The molecule has 1 saturated heterocycles. The molecule has 0 bridgehead atoms. The van der Waals surface area contributed by atoms with Crippen molar-refractivity contribution in [1.29, 1.82) is 5.26 Å². The fourth-order valence-electron chi connectivity index (χ4n) is 3.22. The van der Waals surface area contributed by atoms with Gasteiger partial charge in [0, 0.05) is 31.9 Å². The third-order valence-electron chi connectivity index (χ3n) is 4.32. The number of nitriles is 1. The van der Waals surface area contributed by atoms with Crippen LogP contribution in [0.4, 0.5) is 11.4 Å². The van der Waals surface area contributed by atoms with Gasteiger partial charge < -0.3 is 4.90 Å². The summed E-state index contributed by atoms with van der Waals surface area (Å²) in [6.07, 6.45) is 4.89. The Labute approximate surface area is 133 Å². The number of nitrogens with zero attached hydrogens (tertiary/aromatic N) is 5.